The van der Waals surface area contributed by atoms with Crippen LogP contribution in [0.15, 0.2) is 36.1 Å². The molecule has 0 aromatic heterocycles. The van der Waals surface area contributed by atoms with Crippen molar-refractivity contribution in [2.24, 2.45) is 5.92 Å². The summed E-state index contributed by atoms with van der Waals surface area (Å²) in [5, 5.41) is 11.6. The Kier molecular flexibility index (Phi) is 7.85. The summed E-state index contributed by atoms with van der Waals surface area (Å²) in [6.07, 6.45) is 1.54. The highest BCUT2D eigenvalue weighted by Gasteiger charge is 2.29. The maximum absolute atomic E-state index is 12.9. The number of methoxy groups -OCH3 is 3. The molecule has 1 amide bonds. The Labute approximate surface area is 202 Å². The highest BCUT2D eigenvalue weighted by Crippen LogP contribution is 2.42. The molecule has 2 N–H and O–H groups in total. The summed E-state index contributed by atoms with van der Waals surface area (Å²) in [7, 11) is 4.47. The number of carboxylic acid groups (broad SMARTS) is 1. The van der Waals surface area contributed by atoms with Crippen LogP contribution in [0.1, 0.15) is 29.8 Å². The maximum Gasteiger partial charge on any atom is 0.326 e. The predicted molar refractivity (Wildman–Crippen MR) is 125 cm³/mol. The molecular weight excluding hydrogens is 458 g/mol. The number of ether oxygens (including phenoxy) is 5. The molecule has 2 aromatic rings. The highest BCUT2D eigenvalue weighted by atomic mass is 16.5. The summed E-state index contributed by atoms with van der Waals surface area (Å²) in [6.45, 7) is 2.99. The molecule has 2 aromatic carbocycles. The molecule has 0 saturated carbocycles. The van der Waals surface area contributed by atoms with Gasteiger partial charge in [-0.25, -0.2) is 4.79 Å². The van der Waals surface area contributed by atoms with Crippen LogP contribution >= 0.6 is 0 Å². The van der Waals surface area contributed by atoms with Crippen molar-refractivity contribution in [3.8, 4) is 28.7 Å². The van der Waals surface area contributed by atoms with Crippen molar-refractivity contribution >= 4 is 23.7 Å². The van der Waals surface area contributed by atoms with Crippen LogP contribution in [0.25, 0.3) is 6.08 Å². The van der Waals surface area contributed by atoms with Gasteiger partial charge in [-0.2, -0.15) is 0 Å². The third-order valence-electron chi connectivity index (χ3n) is 5.28. The van der Waals surface area contributed by atoms with Gasteiger partial charge in [0.25, 0.3) is 5.91 Å². The highest BCUT2D eigenvalue weighted by molar-refractivity contribution is 6.14. The molecule has 186 valence electrons. The fourth-order valence-corrected chi connectivity index (χ4v) is 3.51. The van der Waals surface area contributed by atoms with Crippen LogP contribution in [0.3, 0.4) is 0 Å². The number of benzene rings is 2. The topological polar surface area (TPSA) is 130 Å². The van der Waals surface area contributed by atoms with Gasteiger partial charge in [-0.1, -0.05) is 13.8 Å². The van der Waals surface area contributed by atoms with E-state index in [0.29, 0.717) is 28.4 Å². The Hall–Kier alpha value is -4.21. The molecule has 0 saturated heterocycles. The first-order valence-corrected chi connectivity index (χ1v) is 10.7. The number of carbonyl (C=O) groups excluding carboxylic acids is 2. The maximum atomic E-state index is 12.9. The second-order valence-corrected chi connectivity index (χ2v) is 7.94. The molecule has 1 atom stereocenters. The minimum absolute atomic E-state index is 0.0710. The summed E-state index contributed by atoms with van der Waals surface area (Å²) in [5.74, 6) is -0.464. The van der Waals surface area contributed by atoms with E-state index in [4.69, 9.17) is 23.7 Å². The Morgan fingerprint density at radius 3 is 2.37 bits per heavy atom. The number of aliphatic carboxylic acids is 1. The molecule has 35 heavy (non-hydrogen) atoms. The smallest absolute Gasteiger partial charge is 0.326 e. The first-order valence-electron chi connectivity index (χ1n) is 10.7. The van der Waals surface area contributed by atoms with E-state index >= 15 is 0 Å². The average Bonchev–Trinajstić information content (AvgIpc) is 3.14. The largest absolute Gasteiger partial charge is 0.493 e. The van der Waals surface area contributed by atoms with E-state index < -0.39 is 24.5 Å². The van der Waals surface area contributed by atoms with Crippen molar-refractivity contribution in [3.63, 3.8) is 0 Å². The first kappa shape index (κ1) is 25.4. The summed E-state index contributed by atoms with van der Waals surface area (Å²) in [4.78, 5) is 36.2. The summed E-state index contributed by atoms with van der Waals surface area (Å²) in [6, 6.07) is 6.93. The van der Waals surface area contributed by atoms with Gasteiger partial charge < -0.3 is 34.1 Å². The molecule has 3 rings (SSSR count). The van der Waals surface area contributed by atoms with Crippen molar-refractivity contribution in [2.45, 2.75) is 19.9 Å². The van der Waals surface area contributed by atoms with Gasteiger partial charge in [0.2, 0.25) is 11.5 Å². The molecule has 0 spiro atoms. The molecule has 10 heteroatoms. The van der Waals surface area contributed by atoms with E-state index in [2.05, 4.69) is 5.32 Å². The molecular formula is C25H27NO9. The van der Waals surface area contributed by atoms with Crippen LogP contribution in [-0.4, -0.2) is 56.7 Å². The summed E-state index contributed by atoms with van der Waals surface area (Å²) in [5.41, 5.74) is 0.880. The van der Waals surface area contributed by atoms with E-state index in [0.717, 1.165) is 0 Å². The number of fused-ring (bicyclic) bond motifs is 1. The van der Waals surface area contributed by atoms with Crippen LogP contribution in [0.5, 0.6) is 28.7 Å². The van der Waals surface area contributed by atoms with Gasteiger partial charge in [0.05, 0.1) is 26.9 Å². The van der Waals surface area contributed by atoms with E-state index in [-0.39, 0.29) is 29.0 Å². The van der Waals surface area contributed by atoms with E-state index in [9.17, 15) is 19.5 Å². The average molecular weight is 485 g/mol. The van der Waals surface area contributed by atoms with Gasteiger partial charge in [-0.05, 0) is 36.3 Å². The lowest BCUT2D eigenvalue weighted by Gasteiger charge is -2.18. The lowest BCUT2D eigenvalue weighted by atomic mass is 10.1. The number of hydrogen-bond acceptors (Lipinski definition) is 8. The van der Waals surface area contributed by atoms with E-state index in [1.165, 1.54) is 45.6 Å². The Balaban J connectivity index is 1.76. The number of allylic oxidation sites excluding steroid dienone is 1. The van der Waals surface area contributed by atoms with E-state index in [1.807, 2.05) is 0 Å². The van der Waals surface area contributed by atoms with Gasteiger partial charge in [-0.3, -0.25) is 9.59 Å². The SMILES string of the molecule is COc1ccc(/C=C2\Oc3cc(OCC(=O)N[C@@H](C(=O)O)C(C)C)ccc3C2=O)c(OC)c1OC. The van der Waals surface area contributed by atoms with Crippen LogP contribution in [0, 0.1) is 5.92 Å². The number of carbonyl (C=O) groups is 3. The van der Waals surface area contributed by atoms with Crippen molar-refractivity contribution in [1.29, 1.82) is 0 Å². The normalized spacial score (nSPS) is 14.2. The Morgan fingerprint density at radius 1 is 1.06 bits per heavy atom. The summed E-state index contributed by atoms with van der Waals surface area (Å²) < 4.78 is 27.3. The zero-order valence-electron chi connectivity index (χ0n) is 20.0. The monoisotopic (exact) mass is 485 g/mol. The van der Waals surface area contributed by atoms with Gasteiger partial charge in [-0.15, -0.1) is 0 Å². The molecule has 1 aliphatic rings. The number of rotatable bonds is 10. The molecule has 0 unspecified atom stereocenters. The Morgan fingerprint density at radius 2 is 1.77 bits per heavy atom. The van der Waals surface area contributed by atoms with Crippen LogP contribution < -0.4 is 29.0 Å². The second kappa shape index (κ2) is 10.8. The number of Topliss-reactive ketones (excluding diaryl/α,β-unsaturated/α-hetero) is 1. The molecule has 0 fully saturated rings. The standard InChI is InChI=1S/C25H27NO9/c1-13(2)21(25(29)30)26-20(27)12-34-15-7-8-16-18(11-15)35-19(22(16)28)10-14-6-9-17(31-3)24(33-5)23(14)32-4/h6-11,13,21H,12H2,1-5H3,(H,26,27)(H,29,30)/b19-10-/t21-/m1/s1. The van der Waals surface area contributed by atoms with Crippen molar-refractivity contribution in [2.75, 3.05) is 27.9 Å². The first-order chi connectivity index (χ1) is 16.7. The third kappa shape index (κ3) is 5.48. The fraction of sp³-hybridized carbons (Fsp3) is 0.320. The van der Waals surface area contributed by atoms with Crippen molar-refractivity contribution in [3.05, 3.63) is 47.2 Å². The van der Waals surface area contributed by atoms with Gasteiger partial charge in [0.15, 0.2) is 23.9 Å². The van der Waals surface area contributed by atoms with Crippen LogP contribution in [0.4, 0.5) is 0 Å². The number of nitrogens with one attached hydrogen (secondary N) is 1. The molecule has 1 heterocycles. The fourth-order valence-electron chi connectivity index (χ4n) is 3.51. The van der Waals surface area contributed by atoms with Gasteiger partial charge in [0, 0.05) is 11.6 Å². The zero-order valence-corrected chi connectivity index (χ0v) is 20.0. The second-order valence-electron chi connectivity index (χ2n) is 7.94. The zero-order chi connectivity index (χ0) is 25.7. The van der Waals surface area contributed by atoms with Gasteiger partial charge in [0.1, 0.15) is 17.5 Å². The molecule has 1 aliphatic heterocycles. The van der Waals surface area contributed by atoms with Gasteiger partial charge >= 0.3 is 5.97 Å². The Bertz CT molecular complexity index is 1170. The third-order valence-corrected chi connectivity index (χ3v) is 5.28. The number of carboxylic acids is 1. The minimum atomic E-state index is -1.12. The predicted octanol–water partition coefficient (Wildman–Crippen LogP) is 2.93. The van der Waals surface area contributed by atoms with Crippen molar-refractivity contribution in [1.82, 2.24) is 5.32 Å². The lowest BCUT2D eigenvalue weighted by Crippen LogP contribution is -2.46. The lowest BCUT2D eigenvalue weighted by molar-refractivity contribution is -0.143. The van der Waals surface area contributed by atoms with E-state index in [1.54, 1.807) is 26.0 Å². The number of hydrogen-bond donors (Lipinski definition) is 2. The minimum Gasteiger partial charge on any atom is -0.493 e. The van der Waals surface area contributed by atoms with Crippen molar-refractivity contribution < 1.29 is 43.2 Å². The quantitative estimate of drug-likeness (QED) is 0.488. The van der Waals surface area contributed by atoms with Crippen LogP contribution in [0.2, 0.25) is 0 Å². The van der Waals surface area contributed by atoms with Crippen LogP contribution in [-0.2, 0) is 9.59 Å². The number of amides is 1. The molecule has 0 radical (unpaired) electrons. The molecule has 10 nitrogen and oxygen atoms in total. The molecule has 0 aliphatic carbocycles. The summed E-state index contributed by atoms with van der Waals surface area (Å²) >= 11 is 0. The number of ketones is 1. The molecule has 0 bridgehead atoms.